The second-order valence-corrected chi connectivity index (χ2v) is 8.94. The van der Waals surface area contributed by atoms with E-state index in [1.807, 2.05) is 36.1 Å². The van der Waals surface area contributed by atoms with Crippen LogP contribution in [0.15, 0.2) is 48.5 Å². The van der Waals surface area contributed by atoms with Gasteiger partial charge in [-0.25, -0.2) is 9.18 Å². The van der Waals surface area contributed by atoms with Gasteiger partial charge in [0.15, 0.2) is 0 Å². The van der Waals surface area contributed by atoms with Gasteiger partial charge in [-0.1, -0.05) is 42.0 Å². The van der Waals surface area contributed by atoms with Gasteiger partial charge in [-0.3, -0.25) is 9.78 Å². The molecule has 0 bridgehead atoms. The van der Waals surface area contributed by atoms with E-state index in [0.29, 0.717) is 41.8 Å². The summed E-state index contributed by atoms with van der Waals surface area (Å²) >= 11 is 0. The largest absolute Gasteiger partial charge is 0.462 e. The first-order chi connectivity index (χ1) is 16.5. The van der Waals surface area contributed by atoms with Crippen LogP contribution >= 0.6 is 0 Å². The first-order valence-corrected chi connectivity index (χ1v) is 11.8. The molecule has 34 heavy (non-hydrogen) atoms. The number of ether oxygens (including phenoxy) is 1. The Morgan fingerprint density at radius 2 is 1.82 bits per heavy atom. The lowest BCUT2D eigenvalue weighted by molar-refractivity contribution is 0.0525. The first kappa shape index (κ1) is 22.3. The summed E-state index contributed by atoms with van der Waals surface area (Å²) in [6.45, 7) is 4.70. The highest BCUT2D eigenvalue weighted by molar-refractivity contribution is 6.10. The normalized spacial score (nSPS) is 16.5. The molecule has 1 atom stereocenters. The van der Waals surface area contributed by atoms with Crippen molar-refractivity contribution in [2.75, 3.05) is 13.2 Å². The van der Waals surface area contributed by atoms with Crippen molar-refractivity contribution in [1.82, 2.24) is 9.88 Å². The van der Waals surface area contributed by atoms with E-state index in [9.17, 15) is 14.0 Å². The SMILES string of the molecule is CCOC(=O)c1c(CCc2ccc(F)cc2)nc2c(c1-c1ccc(C)cc1)C(=O)N1CCC[C@@H]21. The van der Waals surface area contributed by atoms with Crippen LogP contribution in [-0.4, -0.2) is 34.9 Å². The van der Waals surface area contributed by atoms with E-state index in [4.69, 9.17) is 9.72 Å². The summed E-state index contributed by atoms with van der Waals surface area (Å²) in [6.07, 6.45) is 2.89. The molecule has 0 spiro atoms. The summed E-state index contributed by atoms with van der Waals surface area (Å²) in [5, 5.41) is 0. The molecular weight excluding hydrogens is 431 g/mol. The summed E-state index contributed by atoms with van der Waals surface area (Å²) in [5.41, 5.74) is 5.76. The molecule has 0 unspecified atom stereocenters. The van der Waals surface area contributed by atoms with Crippen molar-refractivity contribution < 1.29 is 18.7 Å². The van der Waals surface area contributed by atoms with Crippen molar-refractivity contribution >= 4 is 11.9 Å². The Balaban J connectivity index is 1.70. The van der Waals surface area contributed by atoms with Crippen LogP contribution in [0.5, 0.6) is 0 Å². The van der Waals surface area contributed by atoms with E-state index in [2.05, 4.69) is 0 Å². The topological polar surface area (TPSA) is 59.5 Å². The molecule has 1 saturated heterocycles. The van der Waals surface area contributed by atoms with Crippen LogP contribution in [0.2, 0.25) is 0 Å². The highest BCUT2D eigenvalue weighted by atomic mass is 19.1. The number of pyridine rings is 1. The van der Waals surface area contributed by atoms with Gasteiger partial charge in [-0.05, 0) is 62.8 Å². The smallest absolute Gasteiger partial charge is 0.340 e. The number of carbonyl (C=O) groups excluding carboxylic acids is 2. The Hall–Kier alpha value is -3.54. The minimum atomic E-state index is -0.470. The maximum Gasteiger partial charge on any atom is 0.340 e. The number of halogens is 1. The number of aryl methyl sites for hydroxylation is 3. The van der Waals surface area contributed by atoms with Crippen molar-refractivity contribution in [2.45, 2.75) is 45.6 Å². The number of carbonyl (C=O) groups is 2. The number of nitrogens with zero attached hydrogens (tertiary/aromatic N) is 2. The Bertz CT molecular complexity index is 1250. The van der Waals surface area contributed by atoms with Gasteiger partial charge in [0, 0.05) is 12.1 Å². The molecule has 5 nitrogen and oxygen atoms in total. The molecule has 1 fully saturated rings. The van der Waals surface area contributed by atoms with E-state index >= 15 is 0 Å². The summed E-state index contributed by atoms with van der Waals surface area (Å²) < 4.78 is 18.8. The minimum Gasteiger partial charge on any atom is -0.462 e. The molecule has 3 heterocycles. The lowest BCUT2D eigenvalue weighted by Crippen LogP contribution is -2.23. The van der Waals surface area contributed by atoms with E-state index in [-0.39, 0.29) is 24.4 Å². The number of hydrogen-bond acceptors (Lipinski definition) is 4. The van der Waals surface area contributed by atoms with Crippen LogP contribution in [-0.2, 0) is 17.6 Å². The average Bonchev–Trinajstić information content (AvgIpc) is 3.41. The Morgan fingerprint density at radius 3 is 2.53 bits per heavy atom. The van der Waals surface area contributed by atoms with Gasteiger partial charge in [0.05, 0.1) is 35.2 Å². The Kier molecular flexibility index (Phi) is 5.90. The molecule has 0 N–H and O–H groups in total. The van der Waals surface area contributed by atoms with Crippen molar-refractivity contribution in [3.8, 4) is 11.1 Å². The van der Waals surface area contributed by atoms with Crippen LogP contribution in [0, 0.1) is 12.7 Å². The molecule has 0 radical (unpaired) electrons. The second kappa shape index (κ2) is 9.01. The van der Waals surface area contributed by atoms with Crippen LogP contribution < -0.4 is 0 Å². The van der Waals surface area contributed by atoms with Crippen molar-refractivity contribution in [3.63, 3.8) is 0 Å². The number of hydrogen-bond donors (Lipinski definition) is 0. The molecule has 1 aromatic heterocycles. The van der Waals surface area contributed by atoms with Gasteiger partial charge in [0.1, 0.15) is 5.82 Å². The zero-order valence-electron chi connectivity index (χ0n) is 19.4. The van der Waals surface area contributed by atoms with Crippen LogP contribution in [0.1, 0.15) is 69.0 Å². The second-order valence-electron chi connectivity index (χ2n) is 8.94. The van der Waals surface area contributed by atoms with Gasteiger partial charge in [0.2, 0.25) is 0 Å². The van der Waals surface area contributed by atoms with Crippen LogP contribution in [0.4, 0.5) is 4.39 Å². The van der Waals surface area contributed by atoms with E-state index < -0.39 is 5.97 Å². The molecule has 2 aromatic carbocycles. The molecule has 2 aliphatic heterocycles. The van der Waals surface area contributed by atoms with Crippen LogP contribution in [0.3, 0.4) is 0 Å². The number of esters is 1. The van der Waals surface area contributed by atoms with Gasteiger partial charge in [-0.15, -0.1) is 0 Å². The lowest BCUT2D eigenvalue weighted by atomic mass is 9.89. The molecule has 6 heteroatoms. The van der Waals surface area contributed by atoms with Gasteiger partial charge in [0.25, 0.3) is 5.91 Å². The van der Waals surface area contributed by atoms with Crippen molar-refractivity contribution in [3.05, 3.63) is 88.0 Å². The predicted molar refractivity (Wildman–Crippen MR) is 127 cm³/mol. The summed E-state index contributed by atoms with van der Waals surface area (Å²) in [5.74, 6) is -0.813. The fourth-order valence-electron chi connectivity index (χ4n) is 5.08. The number of benzene rings is 2. The number of fused-ring (bicyclic) bond motifs is 3. The predicted octanol–water partition coefficient (Wildman–Crippen LogP) is 5.45. The quantitative estimate of drug-likeness (QED) is 0.461. The molecular formula is C28H27FN2O3. The standard InChI is InChI=1S/C28H27FN2O3/c1-3-34-28(33)24-21(15-10-18-8-13-20(29)14-9-18)30-26-22-5-4-16-31(22)27(32)25(26)23(24)19-11-6-17(2)7-12-19/h6-9,11-14,22H,3-5,10,15-16H2,1-2H3/t22-/m0/s1. The highest BCUT2D eigenvalue weighted by Gasteiger charge is 2.44. The average molecular weight is 459 g/mol. The summed E-state index contributed by atoms with van der Waals surface area (Å²) in [4.78, 5) is 33.6. The molecule has 0 saturated carbocycles. The van der Waals surface area contributed by atoms with E-state index in [1.54, 1.807) is 19.1 Å². The Labute approximate surface area is 198 Å². The summed E-state index contributed by atoms with van der Waals surface area (Å²) in [6, 6.07) is 14.2. The highest BCUT2D eigenvalue weighted by Crippen LogP contribution is 2.45. The zero-order chi connectivity index (χ0) is 23.8. The minimum absolute atomic E-state index is 0.0486. The molecule has 2 aliphatic rings. The number of amides is 1. The monoisotopic (exact) mass is 458 g/mol. The lowest BCUT2D eigenvalue weighted by Gasteiger charge is -2.18. The Morgan fingerprint density at radius 1 is 1.09 bits per heavy atom. The molecule has 0 aliphatic carbocycles. The van der Waals surface area contributed by atoms with Crippen molar-refractivity contribution in [1.29, 1.82) is 0 Å². The molecule has 5 rings (SSSR count). The maximum absolute atomic E-state index is 13.5. The first-order valence-electron chi connectivity index (χ1n) is 11.8. The molecule has 3 aromatic rings. The third kappa shape index (κ3) is 3.87. The van der Waals surface area contributed by atoms with Gasteiger partial charge < -0.3 is 9.64 Å². The third-order valence-corrected chi connectivity index (χ3v) is 6.73. The zero-order valence-corrected chi connectivity index (χ0v) is 19.4. The molecule has 1 amide bonds. The van der Waals surface area contributed by atoms with Crippen LogP contribution in [0.25, 0.3) is 11.1 Å². The van der Waals surface area contributed by atoms with Gasteiger partial charge >= 0.3 is 5.97 Å². The summed E-state index contributed by atoms with van der Waals surface area (Å²) in [7, 11) is 0. The maximum atomic E-state index is 13.5. The third-order valence-electron chi connectivity index (χ3n) is 6.73. The van der Waals surface area contributed by atoms with Crippen molar-refractivity contribution in [2.24, 2.45) is 0 Å². The number of aromatic nitrogens is 1. The molecule has 174 valence electrons. The van der Waals surface area contributed by atoms with E-state index in [0.717, 1.165) is 35.2 Å². The number of rotatable bonds is 6. The van der Waals surface area contributed by atoms with E-state index in [1.165, 1.54) is 12.1 Å². The van der Waals surface area contributed by atoms with Gasteiger partial charge in [-0.2, -0.15) is 0 Å². The fraction of sp³-hybridized carbons (Fsp3) is 0.321. The fourth-order valence-corrected chi connectivity index (χ4v) is 5.08.